The van der Waals surface area contributed by atoms with Crippen molar-refractivity contribution in [2.75, 3.05) is 20.2 Å². The standard InChI is InChI=1S/C34H31F4N7O4/c1-19(46-3)17-45-27-16-40-26(31-42-32(49-43-31)34(36,37)38)14-25(27)41-29(45)18-44-11-9-21(10-12-44)22-5-4-6-28-30(22)48-33(2,47-28)23-8-7-20(15-39)13-24(23)35/h4-8,13-14,16,19,21H,9-12,17-18H2,1-3H3/t19?,33-/m0/s1. The molecule has 254 valence electrons. The van der Waals surface area contributed by atoms with Gasteiger partial charge in [0.15, 0.2) is 11.5 Å². The van der Waals surface area contributed by atoms with Gasteiger partial charge in [-0.15, -0.1) is 0 Å². The van der Waals surface area contributed by atoms with Gasteiger partial charge in [0.2, 0.25) is 5.82 Å². The number of nitrogens with zero attached hydrogens (tertiary/aromatic N) is 7. The van der Waals surface area contributed by atoms with Gasteiger partial charge < -0.3 is 23.3 Å². The molecule has 1 unspecified atom stereocenters. The largest absolute Gasteiger partial charge is 0.471 e. The molecular weight excluding hydrogens is 646 g/mol. The van der Waals surface area contributed by atoms with Gasteiger partial charge in [0.05, 0.1) is 53.6 Å². The molecule has 2 aliphatic heterocycles. The van der Waals surface area contributed by atoms with E-state index in [0.29, 0.717) is 35.6 Å². The number of methoxy groups -OCH3 is 1. The Balaban J connectivity index is 1.08. The highest BCUT2D eigenvalue weighted by atomic mass is 19.4. The Bertz CT molecular complexity index is 2070. The number of likely N-dealkylation sites (tertiary alicyclic amines) is 1. The molecule has 0 aliphatic carbocycles. The number of halogens is 4. The quantitative estimate of drug-likeness (QED) is 0.167. The summed E-state index contributed by atoms with van der Waals surface area (Å²) in [5.74, 6) is -1.62. The second-order valence-corrected chi connectivity index (χ2v) is 12.3. The molecule has 0 bridgehead atoms. The molecule has 0 amide bonds. The van der Waals surface area contributed by atoms with Crippen molar-refractivity contribution >= 4 is 11.0 Å². The van der Waals surface area contributed by atoms with E-state index >= 15 is 0 Å². The van der Waals surface area contributed by atoms with Crippen LogP contribution in [0.5, 0.6) is 11.5 Å². The minimum absolute atomic E-state index is 0.114. The summed E-state index contributed by atoms with van der Waals surface area (Å²) in [5.41, 5.74) is 2.77. The van der Waals surface area contributed by atoms with Crippen LogP contribution in [0.4, 0.5) is 17.6 Å². The molecule has 0 radical (unpaired) electrons. The van der Waals surface area contributed by atoms with E-state index in [4.69, 9.17) is 24.5 Å². The Morgan fingerprint density at radius 1 is 1.12 bits per heavy atom. The third kappa shape index (κ3) is 6.17. The smallest absolute Gasteiger partial charge is 0.444 e. The summed E-state index contributed by atoms with van der Waals surface area (Å²) < 4.78 is 78.5. The van der Waals surface area contributed by atoms with Crippen molar-refractivity contribution in [3.8, 4) is 29.1 Å². The first kappa shape index (κ1) is 32.5. The van der Waals surface area contributed by atoms with E-state index < -0.39 is 23.7 Å². The van der Waals surface area contributed by atoms with Gasteiger partial charge in [-0.2, -0.15) is 23.4 Å². The van der Waals surface area contributed by atoms with E-state index in [2.05, 4.69) is 24.5 Å². The fraction of sp³-hybridized carbons (Fsp3) is 0.382. The molecule has 49 heavy (non-hydrogen) atoms. The second kappa shape index (κ2) is 12.4. The van der Waals surface area contributed by atoms with E-state index in [1.807, 2.05) is 29.7 Å². The van der Waals surface area contributed by atoms with Crippen LogP contribution in [-0.2, 0) is 29.8 Å². The number of fused-ring (bicyclic) bond motifs is 2. The molecular formula is C34H31F4N7O4. The van der Waals surface area contributed by atoms with E-state index in [1.165, 1.54) is 18.2 Å². The lowest BCUT2D eigenvalue weighted by atomic mass is 9.88. The number of benzene rings is 2. The SMILES string of the molecule is COC(C)Cn1c(CN2CCC(c3cccc4c3O[C@@](C)(c3ccc(C#N)cc3F)O4)CC2)nc2cc(-c3noc(C(F)(F)F)n3)ncc21. The van der Waals surface area contributed by atoms with Crippen molar-refractivity contribution in [2.45, 2.75) is 63.8 Å². The van der Waals surface area contributed by atoms with Crippen molar-refractivity contribution in [1.82, 2.24) is 29.6 Å². The first-order valence-corrected chi connectivity index (χ1v) is 15.7. The highest BCUT2D eigenvalue weighted by molar-refractivity contribution is 5.78. The van der Waals surface area contributed by atoms with Crippen molar-refractivity contribution in [2.24, 2.45) is 0 Å². The maximum atomic E-state index is 15.0. The second-order valence-electron chi connectivity index (χ2n) is 12.3. The van der Waals surface area contributed by atoms with Gasteiger partial charge in [0.25, 0.3) is 5.79 Å². The Kier molecular flexibility index (Phi) is 8.24. The van der Waals surface area contributed by atoms with Gasteiger partial charge in [0.1, 0.15) is 17.3 Å². The van der Waals surface area contributed by atoms with Crippen LogP contribution in [0.3, 0.4) is 0 Å². The summed E-state index contributed by atoms with van der Waals surface area (Å²) in [6, 6.07) is 13.5. The molecule has 5 heterocycles. The molecule has 3 aromatic heterocycles. The van der Waals surface area contributed by atoms with Gasteiger partial charge in [-0.05, 0) is 69.1 Å². The first-order valence-electron chi connectivity index (χ1n) is 15.7. The highest BCUT2D eigenvalue weighted by Crippen LogP contribution is 2.49. The van der Waals surface area contributed by atoms with Gasteiger partial charge in [-0.1, -0.05) is 17.3 Å². The van der Waals surface area contributed by atoms with Crippen molar-refractivity contribution in [3.05, 3.63) is 82.9 Å². The molecule has 0 spiro atoms. The Morgan fingerprint density at radius 2 is 1.92 bits per heavy atom. The topological polar surface area (TPSA) is 124 Å². The first-order chi connectivity index (χ1) is 23.5. The number of hydrogen-bond acceptors (Lipinski definition) is 10. The third-order valence-electron chi connectivity index (χ3n) is 9.04. The number of ether oxygens (including phenoxy) is 3. The average molecular weight is 678 g/mol. The number of nitriles is 1. The molecule has 1 fully saturated rings. The number of aromatic nitrogens is 5. The van der Waals surface area contributed by atoms with Crippen LogP contribution in [0.15, 0.2) is 53.2 Å². The van der Waals surface area contributed by atoms with Gasteiger partial charge in [-0.3, -0.25) is 9.88 Å². The van der Waals surface area contributed by atoms with Gasteiger partial charge >= 0.3 is 12.1 Å². The number of para-hydroxylation sites is 1. The molecule has 1 saturated heterocycles. The Morgan fingerprint density at radius 3 is 2.61 bits per heavy atom. The lowest BCUT2D eigenvalue weighted by Crippen LogP contribution is -2.34. The third-order valence-corrected chi connectivity index (χ3v) is 9.04. The van der Waals surface area contributed by atoms with Gasteiger partial charge in [0, 0.05) is 19.6 Å². The summed E-state index contributed by atoms with van der Waals surface area (Å²) in [6.07, 6.45) is -1.71. The minimum atomic E-state index is -4.76. The molecule has 7 rings (SSSR count). The lowest BCUT2D eigenvalue weighted by Gasteiger charge is -2.32. The zero-order valence-corrected chi connectivity index (χ0v) is 26.8. The zero-order valence-electron chi connectivity index (χ0n) is 26.8. The number of imidazole rings is 1. The summed E-state index contributed by atoms with van der Waals surface area (Å²) in [6.45, 7) is 6.13. The fourth-order valence-corrected chi connectivity index (χ4v) is 6.43. The number of rotatable bonds is 8. The predicted octanol–water partition coefficient (Wildman–Crippen LogP) is 6.57. The van der Waals surface area contributed by atoms with Crippen LogP contribution < -0.4 is 9.47 Å². The van der Waals surface area contributed by atoms with E-state index in [-0.39, 0.29) is 34.7 Å². The molecule has 0 saturated carbocycles. The number of alkyl halides is 3. The molecule has 2 atom stereocenters. The van der Waals surface area contributed by atoms with Crippen molar-refractivity contribution < 1.29 is 36.3 Å². The molecule has 0 N–H and O–H groups in total. The monoisotopic (exact) mass is 677 g/mol. The number of piperidine rings is 1. The summed E-state index contributed by atoms with van der Waals surface area (Å²) in [7, 11) is 1.62. The van der Waals surface area contributed by atoms with Crippen LogP contribution >= 0.6 is 0 Å². The maximum Gasteiger partial charge on any atom is 0.471 e. The number of pyridine rings is 1. The number of hydrogen-bond donors (Lipinski definition) is 0. The average Bonchev–Trinajstić information content (AvgIpc) is 3.80. The fourth-order valence-electron chi connectivity index (χ4n) is 6.43. The summed E-state index contributed by atoms with van der Waals surface area (Å²) in [5, 5.41) is 12.6. The molecule has 11 nitrogen and oxygen atoms in total. The Hall–Kier alpha value is -5.07. The minimum Gasteiger partial charge on any atom is -0.444 e. The van der Waals surface area contributed by atoms with Crippen LogP contribution in [0.2, 0.25) is 0 Å². The highest BCUT2D eigenvalue weighted by Gasteiger charge is 2.43. The van der Waals surface area contributed by atoms with Gasteiger partial charge in [-0.25, -0.2) is 9.37 Å². The van der Waals surface area contributed by atoms with Crippen LogP contribution in [0.25, 0.3) is 22.6 Å². The van der Waals surface area contributed by atoms with Crippen LogP contribution in [0.1, 0.15) is 61.0 Å². The van der Waals surface area contributed by atoms with E-state index in [0.717, 1.165) is 37.3 Å². The maximum absolute atomic E-state index is 15.0. The molecule has 2 aliphatic rings. The summed E-state index contributed by atoms with van der Waals surface area (Å²) in [4.78, 5) is 14.9. The molecule has 15 heteroatoms. The predicted molar refractivity (Wildman–Crippen MR) is 166 cm³/mol. The van der Waals surface area contributed by atoms with Crippen LogP contribution in [-0.4, -0.2) is 55.9 Å². The summed E-state index contributed by atoms with van der Waals surface area (Å²) >= 11 is 0. The molecule has 5 aromatic rings. The van der Waals surface area contributed by atoms with Crippen LogP contribution in [0, 0.1) is 17.1 Å². The zero-order chi connectivity index (χ0) is 34.5. The van der Waals surface area contributed by atoms with E-state index in [9.17, 15) is 17.6 Å². The van der Waals surface area contributed by atoms with E-state index in [1.54, 1.807) is 32.4 Å². The van der Waals surface area contributed by atoms with Crippen molar-refractivity contribution in [1.29, 1.82) is 5.26 Å². The lowest BCUT2D eigenvalue weighted by molar-refractivity contribution is -0.159. The molecule has 2 aromatic carbocycles. The normalized spacial score (nSPS) is 19.0. The van der Waals surface area contributed by atoms with Crippen molar-refractivity contribution in [3.63, 3.8) is 0 Å². The Labute approximate surface area is 278 Å².